The molecule has 4 nitrogen and oxygen atoms in total. The van der Waals surface area contributed by atoms with Crippen LogP contribution in [-0.2, 0) is 0 Å². The number of rotatable bonds is 4. The number of aromatic nitrogens is 2. The Labute approximate surface area is 101 Å². The van der Waals surface area contributed by atoms with E-state index in [0.717, 1.165) is 12.4 Å². The minimum atomic E-state index is 0.154. The van der Waals surface area contributed by atoms with Crippen molar-refractivity contribution in [1.82, 2.24) is 9.97 Å². The van der Waals surface area contributed by atoms with Crippen molar-refractivity contribution < 1.29 is 0 Å². The maximum atomic E-state index is 6.07. The van der Waals surface area contributed by atoms with Crippen LogP contribution in [0.3, 0.4) is 0 Å². The maximum Gasteiger partial charge on any atom is 0.224 e. The monoisotopic (exact) mass is 240 g/mol. The van der Waals surface area contributed by atoms with Crippen LogP contribution in [0.2, 0.25) is 5.02 Å². The average Bonchev–Trinajstić information content (AvgIpc) is 2.21. The number of halogens is 1. The largest absolute Gasteiger partial charge is 0.364 e. The molecule has 0 atom stereocenters. The van der Waals surface area contributed by atoms with Gasteiger partial charge in [-0.15, -0.1) is 0 Å². The molecule has 0 aromatic carbocycles. The number of hydrogen-bond acceptors (Lipinski definition) is 4. The van der Waals surface area contributed by atoms with Crippen molar-refractivity contribution in [3.05, 3.63) is 11.2 Å². The van der Waals surface area contributed by atoms with Gasteiger partial charge in [-0.2, -0.15) is 4.98 Å². The van der Waals surface area contributed by atoms with Crippen molar-refractivity contribution in [1.29, 1.82) is 0 Å². The average molecular weight is 241 g/mol. The van der Waals surface area contributed by atoms with Crippen LogP contribution in [0.4, 0.5) is 11.8 Å². The topological polar surface area (TPSA) is 49.8 Å². The predicted octanol–water partition coefficient (Wildman–Crippen LogP) is 2.92. The summed E-state index contributed by atoms with van der Waals surface area (Å²) in [5, 5.41) is 7.05. The normalized spacial score (nSPS) is 17.7. The van der Waals surface area contributed by atoms with Crippen LogP contribution in [-0.4, -0.2) is 22.1 Å². The van der Waals surface area contributed by atoms with Gasteiger partial charge in [0.1, 0.15) is 5.02 Å². The second kappa shape index (κ2) is 4.45. The molecule has 1 aromatic heterocycles. The summed E-state index contributed by atoms with van der Waals surface area (Å²) >= 11 is 6.07. The molecule has 88 valence electrons. The lowest BCUT2D eigenvalue weighted by Crippen LogP contribution is -2.42. The van der Waals surface area contributed by atoms with E-state index in [2.05, 4.69) is 27.5 Å². The van der Waals surface area contributed by atoms with Crippen molar-refractivity contribution >= 4 is 23.4 Å². The molecular weight excluding hydrogens is 224 g/mol. The van der Waals surface area contributed by atoms with E-state index in [1.54, 1.807) is 6.20 Å². The van der Waals surface area contributed by atoms with Crippen LogP contribution in [0.5, 0.6) is 0 Å². The zero-order valence-corrected chi connectivity index (χ0v) is 10.4. The molecule has 0 spiro atoms. The highest BCUT2D eigenvalue weighted by atomic mass is 35.5. The van der Waals surface area contributed by atoms with E-state index in [1.807, 2.05) is 6.92 Å². The van der Waals surface area contributed by atoms with Crippen LogP contribution in [0.15, 0.2) is 6.20 Å². The van der Waals surface area contributed by atoms with Crippen molar-refractivity contribution in [2.75, 3.05) is 17.2 Å². The van der Waals surface area contributed by atoms with Gasteiger partial charge >= 0.3 is 0 Å². The third kappa shape index (κ3) is 2.38. The SMILES string of the molecule is CCNc1ncc(Cl)c(NC2(C)CCC2)n1. The van der Waals surface area contributed by atoms with Gasteiger partial charge in [0, 0.05) is 12.1 Å². The standard InChI is InChI=1S/C11H17ClN4/c1-3-13-10-14-7-8(12)9(15-10)16-11(2)5-4-6-11/h7H,3-6H2,1-2H3,(H2,13,14,15,16). The van der Waals surface area contributed by atoms with E-state index in [-0.39, 0.29) is 5.54 Å². The van der Waals surface area contributed by atoms with E-state index in [4.69, 9.17) is 11.6 Å². The predicted molar refractivity (Wildman–Crippen MR) is 67.1 cm³/mol. The summed E-state index contributed by atoms with van der Waals surface area (Å²) in [5.41, 5.74) is 0.154. The molecule has 1 heterocycles. The molecular formula is C11H17ClN4. The molecule has 1 saturated carbocycles. The van der Waals surface area contributed by atoms with Gasteiger partial charge in [0.15, 0.2) is 5.82 Å². The molecule has 1 fully saturated rings. The van der Waals surface area contributed by atoms with E-state index in [1.165, 1.54) is 19.3 Å². The fourth-order valence-electron chi connectivity index (χ4n) is 1.82. The first kappa shape index (κ1) is 11.5. The Morgan fingerprint density at radius 3 is 2.81 bits per heavy atom. The summed E-state index contributed by atoms with van der Waals surface area (Å²) in [5.74, 6) is 1.35. The highest BCUT2D eigenvalue weighted by Crippen LogP contribution is 2.35. The van der Waals surface area contributed by atoms with Gasteiger partial charge in [-0.1, -0.05) is 11.6 Å². The Balaban J connectivity index is 2.15. The lowest BCUT2D eigenvalue weighted by molar-refractivity contribution is 0.306. The molecule has 2 N–H and O–H groups in total. The van der Waals surface area contributed by atoms with Gasteiger partial charge in [-0.25, -0.2) is 4.98 Å². The molecule has 0 radical (unpaired) electrons. The lowest BCUT2D eigenvalue weighted by atomic mass is 9.78. The van der Waals surface area contributed by atoms with Crippen LogP contribution in [0.1, 0.15) is 33.1 Å². The minimum Gasteiger partial charge on any atom is -0.364 e. The molecule has 0 unspecified atom stereocenters. The first-order valence-electron chi connectivity index (χ1n) is 5.67. The third-order valence-electron chi connectivity index (χ3n) is 2.96. The van der Waals surface area contributed by atoms with E-state index < -0.39 is 0 Å². The van der Waals surface area contributed by atoms with Crippen LogP contribution >= 0.6 is 11.6 Å². The molecule has 0 aliphatic heterocycles. The van der Waals surface area contributed by atoms with Gasteiger partial charge in [0.25, 0.3) is 0 Å². The Bertz CT molecular complexity index is 376. The maximum absolute atomic E-state index is 6.07. The summed E-state index contributed by atoms with van der Waals surface area (Å²) in [6.07, 6.45) is 5.25. The third-order valence-corrected chi connectivity index (χ3v) is 3.23. The molecule has 0 bridgehead atoms. The van der Waals surface area contributed by atoms with Gasteiger partial charge < -0.3 is 10.6 Å². The zero-order valence-electron chi connectivity index (χ0n) is 9.68. The molecule has 1 aromatic rings. The van der Waals surface area contributed by atoms with Crippen molar-refractivity contribution in [2.24, 2.45) is 0 Å². The molecule has 16 heavy (non-hydrogen) atoms. The van der Waals surface area contributed by atoms with E-state index in [0.29, 0.717) is 11.0 Å². The Morgan fingerprint density at radius 1 is 1.50 bits per heavy atom. The van der Waals surface area contributed by atoms with Crippen molar-refractivity contribution in [3.8, 4) is 0 Å². The smallest absolute Gasteiger partial charge is 0.224 e. The Kier molecular flexibility index (Phi) is 3.19. The number of anilines is 2. The molecule has 1 aliphatic rings. The fraction of sp³-hybridized carbons (Fsp3) is 0.636. The zero-order chi connectivity index (χ0) is 11.6. The van der Waals surface area contributed by atoms with Crippen LogP contribution in [0.25, 0.3) is 0 Å². The van der Waals surface area contributed by atoms with Crippen LogP contribution in [0, 0.1) is 0 Å². The Hall–Kier alpha value is -1.03. The molecule has 1 aliphatic carbocycles. The first-order chi connectivity index (χ1) is 7.63. The summed E-state index contributed by atoms with van der Waals surface area (Å²) in [4.78, 5) is 8.47. The molecule has 5 heteroatoms. The van der Waals surface area contributed by atoms with Gasteiger partial charge in [0.05, 0.1) is 6.20 Å². The van der Waals surface area contributed by atoms with E-state index in [9.17, 15) is 0 Å². The van der Waals surface area contributed by atoms with Crippen LogP contribution < -0.4 is 10.6 Å². The summed E-state index contributed by atoms with van der Waals surface area (Å²) < 4.78 is 0. The fourth-order valence-corrected chi connectivity index (χ4v) is 1.95. The number of nitrogens with zero attached hydrogens (tertiary/aromatic N) is 2. The lowest BCUT2D eigenvalue weighted by Gasteiger charge is -2.39. The number of hydrogen-bond donors (Lipinski definition) is 2. The highest BCUT2D eigenvalue weighted by Gasteiger charge is 2.32. The molecule has 0 amide bonds. The summed E-state index contributed by atoms with van der Waals surface area (Å²) in [6.45, 7) is 5.01. The van der Waals surface area contributed by atoms with Gasteiger partial charge in [-0.3, -0.25) is 0 Å². The summed E-state index contributed by atoms with van der Waals surface area (Å²) in [6, 6.07) is 0. The molecule has 0 saturated heterocycles. The van der Waals surface area contributed by atoms with Crippen molar-refractivity contribution in [2.45, 2.75) is 38.6 Å². The first-order valence-corrected chi connectivity index (χ1v) is 6.05. The number of nitrogens with one attached hydrogen (secondary N) is 2. The highest BCUT2D eigenvalue weighted by molar-refractivity contribution is 6.32. The second-order valence-electron chi connectivity index (χ2n) is 4.46. The second-order valence-corrected chi connectivity index (χ2v) is 4.87. The quantitative estimate of drug-likeness (QED) is 0.850. The van der Waals surface area contributed by atoms with E-state index >= 15 is 0 Å². The summed E-state index contributed by atoms with van der Waals surface area (Å²) in [7, 11) is 0. The minimum absolute atomic E-state index is 0.154. The van der Waals surface area contributed by atoms with Gasteiger partial charge in [0.2, 0.25) is 5.95 Å². The van der Waals surface area contributed by atoms with Crippen molar-refractivity contribution in [3.63, 3.8) is 0 Å². The Morgan fingerprint density at radius 2 is 2.25 bits per heavy atom. The van der Waals surface area contributed by atoms with Gasteiger partial charge in [-0.05, 0) is 33.1 Å². The molecule has 2 rings (SSSR count).